The number of carboxylic acids is 1. The van der Waals surface area contributed by atoms with Crippen molar-refractivity contribution in [3.05, 3.63) is 59.7 Å². The molecule has 2 aromatic carbocycles. The Labute approximate surface area is 205 Å². The highest BCUT2D eigenvalue weighted by atomic mass is 16.5. The molecule has 0 aromatic heterocycles. The monoisotopic (exact) mass is 480 g/mol. The average molecular weight is 481 g/mol. The molecule has 0 spiro atoms. The zero-order valence-electron chi connectivity index (χ0n) is 20.5. The molecule has 0 saturated carbocycles. The predicted molar refractivity (Wildman–Crippen MR) is 130 cm³/mol. The first-order valence-electron chi connectivity index (χ1n) is 11.8. The van der Waals surface area contributed by atoms with E-state index in [0.29, 0.717) is 0 Å². The van der Waals surface area contributed by atoms with Gasteiger partial charge in [0.1, 0.15) is 18.1 Å². The van der Waals surface area contributed by atoms with Gasteiger partial charge in [0.15, 0.2) is 0 Å². The van der Waals surface area contributed by atoms with Crippen LogP contribution < -0.4 is 5.32 Å². The molecule has 1 aliphatic heterocycles. The van der Waals surface area contributed by atoms with Crippen LogP contribution in [0.4, 0.5) is 4.79 Å². The Kier molecular flexibility index (Phi) is 6.60. The summed E-state index contributed by atoms with van der Waals surface area (Å²) in [7, 11) is 0. The van der Waals surface area contributed by atoms with Crippen LogP contribution in [0.1, 0.15) is 44.7 Å². The number of ether oxygens (including phenoxy) is 2. The highest BCUT2D eigenvalue weighted by molar-refractivity contribution is 5.89. The van der Waals surface area contributed by atoms with Crippen LogP contribution in [-0.2, 0) is 19.1 Å². The third kappa shape index (κ3) is 5.17. The van der Waals surface area contributed by atoms with Gasteiger partial charge in [0.05, 0.1) is 12.2 Å². The van der Waals surface area contributed by atoms with E-state index < -0.39 is 29.1 Å². The van der Waals surface area contributed by atoms with Gasteiger partial charge in [0.2, 0.25) is 5.91 Å². The van der Waals surface area contributed by atoms with Crippen molar-refractivity contribution in [2.24, 2.45) is 5.41 Å². The molecule has 1 heterocycles. The van der Waals surface area contributed by atoms with Crippen molar-refractivity contribution in [2.45, 2.75) is 45.3 Å². The summed E-state index contributed by atoms with van der Waals surface area (Å²) in [5.74, 6) is -1.44. The van der Waals surface area contributed by atoms with Crippen LogP contribution >= 0.6 is 0 Å². The Morgan fingerprint density at radius 2 is 1.60 bits per heavy atom. The van der Waals surface area contributed by atoms with Gasteiger partial charge in [-0.1, -0.05) is 48.5 Å². The fourth-order valence-corrected chi connectivity index (χ4v) is 4.60. The van der Waals surface area contributed by atoms with Crippen molar-refractivity contribution in [1.29, 1.82) is 0 Å². The molecule has 8 nitrogen and oxygen atoms in total. The lowest BCUT2D eigenvalue weighted by molar-refractivity contribution is -0.165. The topological polar surface area (TPSA) is 105 Å². The third-order valence-corrected chi connectivity index (χ3v) is 6.52. The van der Waals surface area contributed by atoms with Gasteiger partial charge >= 0.3 is 12.1 Å². The van der Waals surface area contributed by atoms with E-state index in [0.717, 1.165) is 22.3 Å². The van der Waals surface area contributed by atoms with Crippen molar-refractivity contribution >= 4 is 18.0 Å². The van der Waals surface area contributed by atoms with Gasteiger partial charge in [-0.3, -0.25) is 9.59 Å². The van der Waals surface area contributed by atoms with Crippen LogP contribution in [0.15, 0.2) is 48.5 Å². The number of hydrogen-bond donors (Lipinski definition) is 2. The van der Waals surface area contributed by atoms with E-state index in [1.807, 2.05) is 57.2 Å². The van der Waals surface area contributed by atoms with Gasteiger partial charge in [-0.15, -0.1) is 0 Å². The number of aliphatic carboxylic acids is 1. The van der Waals surface area contributed by atoms with E-state index in [4.69, 9.17) is 9.47 Å². The largest absolute Gasteiger partial charge is 0.481 e. The summed E-state index contributed by atoms with van der Waals surface area (Å²) in [5, 5.41) is 12.0. The quantitative estimate of drug-likeness (QED) is 0.627. The molecule has 2 aliphatic rings. The Balaban J connectivity index is 1.42. The number of carbonyl (C=O) groups excluding carboxylic acids is 2. The number of carbonyl (C=O) groups is 3. The summed E-state index contributed by atoms with van der Waals surface area (Å²) in [6.45, 7) is 7.40. The maximum Gasteiger partial charge on any atom is 0.407 e. The molecule has 0 bridgehead atoms. The fourth-order valence-electron chi connectivity index (χ4n) is 4.60. The molecule has 186 valence electrons. The zero-order chi connectivity index (χ0) is 25.4. The van der Waals surface area contributed by atoms with E-state index in [2.05, 4.69) is 17.4 Å². The molecule has 1 aliphatic carbocycles. The predicted octanol–water partition coefficient (Wildman–Crippen LogP) is 3.64. The van der Waals surface area contributed by atoms with Crippen LogP contribution in [0.3, 0.4) is 0 Å². The second-order valence-corrected chi connectivity index (χ2v) is 10.5. The van der Waals surface area contributed by atoms with Crippen LogP contribution in [0.25, 0.3) is 11.1 Å². The number of benzene rings is 2. The lowest BCUT2D eigenvalue weighted by atomic mass is 9.81. The van der Waals surface area contributed by atoms with Gasteiger partial charge in [-0.25, -0.2) is 4.79 Å². The number of likely N-dealkylation sites (tertiary alicyclic amines) is 1. The summed E-state index contributed by atoms with van der Waals surface area (Å²) < 4.78 is 11.4. The molecule has 4 rings (SSSR count). The summed E-state index contributed by atoms with van der Waals surface area (Å²) in [6, 6.07) is 15.1. The van der Waals surface area contributed by atoms with Crippen LogP contribution in [0, 0.1) is 5.41 Å². The Morgan fingerprint density at radius 1 is 1.06 bits per heavy atom. The molecule has 2 aromatic rings. The molecule has 1 saturated heterocycles. The Morgan fingerprint density at radius 3 is 2.11 bits per heavy atom. The SMILES string of the molecule is CC(C)(C)OC[C@H](NC(=O)OCC1c2ccccc2-c2ccccc21)C(=O)N1CC(C)(C(=O)O)C1. The van der Waals surface area contributed by atoms with Gasteiger partial charge in [0, 0.05) is 19.0 Å². The number of nitrogens with one attached hydrogen (secondary N) is 1. The summed E-state index contributed by atoms with van der Waals surface area (Å²) in [4.78, 5) is 38.7. The first kappa shape index (κ1) is 24.7. The molecule has 2 amide bonds. The van der Waals surface area contributed by atoms with Crippen molar-refractivity contribution in [3.8, 4) is 11.1 Å². The van der Waals surface area contributed by atoms with E-state index in [1.54, 1.807) is 6.92 Å². The van der Waals surface area contributed by atoms with E-state index in [-0.39, 0.29) is 38.1 Å². The molecule has 1 fully saturated rings. The molecule has 1 atom stereocenters. The second-order valence-electron chi connectivity index (χ2n) is 10.5. The first-order chi connectivity index (χ1) is 16.5. The number of carboxylic acid groups (broad SMARTS) is 1. The lowest BCUT2D eigenvalue weighted by Crippen LogP contribution is -2.64. The number of fused-ring (bicyclic) bond motifs is 3. The minimum Gasteiger partial charge on any atom is -0.481 e. The maximum absolute atomic E-state index is 13.1. The molecular weight excluding hydrogens is 448 g/mol. The van der Waals surface area contributed by atoms with Gasteiger partial charge < -0.3 is 24.8 Å². The summed E-state index contributed by atoms with van der Waals surface area (Å²) in [6.07, 6.45) is -0.718. The molecule has 35 heavy (non-hydrogen) atoms. The number of hydrogen-bond acceptors (Lipinski definition) is 5. The zero-order valence-corrected chi connectivity index (χ0v) is 20.5. The fraction of sp³-hybridized carbons (Fsp3) is 0.444. The molecular formula is C27H32N2O6. The van der Waals surface area contributed by atoms with Crippen LogP contribution in [-0.4, -0.2) is 65.9 Å². The van der Waals surface area contributed by atoms with Crippen molar-refractivity contribution < 1.29 is 29.0 Å². The van der Waals surface area contributed by atoms with Crippen molar-refractivity contribution in [3.63, 3.8) is 0 Å². The smallest absolute Gasteiger partial charge is 0.407 e. The standard InChI is InChI=1S/C27H32N2O6/c1-26(2,3)35-14-22(23(30)29-15-27(4,16-29)24(31)32)28-25(33)34-13-21-19-11-7-5-9-17(19)18-10-6-8-12-20(18)21/h5-12,21-22H,13-16H2,1-4H3,(H,28,33)(H,31,32)/t22-/m0/s1. The number of alkyl carbamates (subject to hydrolysis) is 1. The van der Waals surface area contributed by atoms with E-state index >= 15 is 0 Å². The van der Waals surface area contributed by atoms with Gasteiger partial charge in [0.25, 0.3) is 0 Å². The van der Waals surface area contributed by atoms with E-state index in [9.17, 15) is 19.5 Å². The van der Waals surface area contributed by atoms with E-state index in [1.165, 1.54) is 4.90 Å². The maximum atomic E-state index is 13.1. The number of nitrogens with zero attached hydrogens (tertiary/aromatic N) is 1. The Bertz CT molecular complexity index is 1090. The molecule has 0 radical (unpaired) electrons. The molecule has 8 heteroatoms. The summed E-state index contributed by atoms with van der Waals surface area (Å²) in [5.41, 5.74) is 2.95. The molecule has 2 N–H and O–H groups in total. The number of rotatable bonds is 7. The van der Waals surface area contributed by atoms with Crippen molar-refractivity contribution in [1.82, 2.24) is 10.2 Å². The molecule has 0 unspecified atom stereocenters. The third-order valence-electron chi connectivity index (χ3n) is 6.52. The highest BCUT2D eigenvalue weighted by Crippen LogP contribution is 2.44. The number of amides is 2. The highest BCUT2D eigenvalue weighted by Gasteiger charge is 2.49. The first-order valence-corrected chi connectivity index (χ1v) is 11.8. The normalized spacial score (nSPS) is 17.1. The Hall–Kier alpha value is -3.39. The minimum absolute atomic E-state index is 0.0488. The van der Waals surface area contributed by atoms with Crippen LogP contribution in [0.5, 0.6) is 0 Å². The minimum atomic E-state index is -0.983. The van der Waals surface area contributed by atoms with Crippen LogP contribution in [0.2, 0.25) is 0 Å². The van der Waals surface area contributed by atoms with Crippen molar-refractivity contribution in [2.75, 3.05) is 26.3 Å². The lowest BCUT2D eigenvalue weighted by Gasteiger charge is -2.46. The average Bonchev–Trinajstić information content (AvgIpc) is 3.11. The second kappa shape index (κ2) is 9.34. The summed E-state index contributed by atoms with van der Waals surface area (Å²) >= 11 is 0. The van der Waals surface area contributed by atoms with Gasteiger partial charge in [-0.2, -0.15) is 0 Å². The van der Waals surface area contributed by atoms with Gasteiger partial charge in [-0.05, 0) is 49.9 Å².